The molecule has 1 aromatic heterocycles. The fraction of sp³-hybridized carbons (Fsp3) is 0.375. The molecule has 0 spiro atoms. The van der Waals surface area contributed by atoms with Crippen LogP contribution in [0.2, 0.25) is 0 Å². The third-order valence-corrected chi connectivity index (χ3v) is 1.82. The Morgan fingerprint density at radius 1 is 1.44 bits per heavy atom. The van der Waals surface area contributed by atoms with Crippen LogP contribution >= 0.6 is 0 Å². The van der Waals surface area contributed by atoms with Crippen LogP contribution in [0.4, 0.5) is 17.6 Å². The van der Waals surface area contributed by atoms with Gasteiger partial charge in [-0.3, -0.25) is 14.3 Å². The van der Waals surface area contributed by atoms with Gasteiger partial charge in [-0.25, -0.2) is 0 Å². The number of hydrogen-bond acceptors (Lipinski definition) is 3. The Labute approximate surface area is 86.8 Å². The lowest BCUT2D eigenvalue weighted by atomic mass is 10.0. The molecule has 0 amide bonds. The lowest BCUT2D eigenvalue weighted by Gasteiger charge is -2.19. The Bertz CT molecular complexity index is 427. The lowest BCUT2D eigenvalue weighted by Crippen LogP contribution is -2.48. The summed E-state index contributed by atoms with van der Waals surface area (Å²) in [4.78, 5) is 20.9. The molecule has 16 heavy (non-hydrogen) atoms. The molecule has 1 heterocycles. The number of Topliss-reactive ketones (excluding diaryl/α,β-unsaturated/α-hetero) is 1. The Balaban J connectivity index is 3.10. The number of rotatable bonds is 4. The quantitative estimate of drug-likeness (QED) is 0.448. The number of ketones is 1. The van der Waals surface area contributed by atoms with Crippen molar-refractivity contribution < 1.29 is 27.2 Å². The minimum absolute atomic E-state index is 0.686. The molecule has 0 bridgehead atoms. The smallest absolute Gasteiger partial charge is 0.296 e. The van der Waals surface area contributed by atoms with Crippen molar-refractivity contribution in [2.75, 3.05) is 0 Å². The number of carbonyl (C=O) groups is 2. The van der Waals surface area contributed by atoms with Gasteiger partial charge in [0, 0.05) is 13.2 Å². The summed E-state index contributed by atoms with van der Waals surface area (Å²) < 4.78 is 51.9. The van der Waals surface area contributed by atoms with Gasteiger partial charge in [-0.2, -0.15) is 22.7 Å². The number of carbonyl (C=O) groups excluding carboxylic acids is 2. The second kappa shape index (κ2) is 3.69. The van der Waals surface area contributed by atoms with Crippen LogP contribution in [0.1, 0.15) is 10.4 Å². The van der Waals surface area contributed by atoms with Gasteiger partial charge >= 0.3 is 11.8 Å². The molecule has 8 heteroatoms. The topological polar surface area (TPSA) is 52.0 Å². The van der Waals surface area contributed by atoms with Crippen LogP contribution in [0, 0.1) is 0 Å². The minimum atomic E-state index is -5.07. The molecule has 1 rings (SSSR count). The van der Waals surface area contributed by atoms with Crippen LogP contribution in [0.15, 0.2) is 12.4 Å². The fourth-order valence-corrected chi connectivity index (χ4v) is 0.945. The van der Waals surface area contributed by atoms with Gasteiger partial charge in [0.25, 0.3) is 0 Å². The zero-order chi connectivity index (χ0) is 12.6. The number of aldehydes is 1. The van der Waals surface area contributed by atoms with Gasteiger partial charge in [0.2, 0.25) is 5.78 Å². The Kier molecular flexibility index (Phi) is 2.85. The summed E-state index contributed by atoms with van der Waals surface area (Å²) in [5.74, 6) is -12.2. The van der Waals surface area contributed by atoms with Gasteiger partial charge in [-0.15, -0.1) is 0 Å². The number of hydrogen-bond donors (Lipinski definition) is 0. The molecule has 0 radical (unpaired) electrons. The molecular formula is C8H6F4N2O2. The molecule has 0 N–H and O–H groups in total. The van der Waals surface area contributed by atoms with E-state index in [4.69, 9.17) is 0 Å². The summed E-state index contributed by atoms with van der Waals surface area (Å²) in [6, 6.07) is 0. The van der Waals surface area contributed by atoms with Gasteiger partial charge in [-0.1, -0.05) is 0 Å². The van der Waals surface area contributed by atoms with Crippen molar-refractivity contribution in [2.24, 2.45) is 7.05 Å². The summed E-state index contributed by atoms with van der Waals surface area (Å²) in [6.45, 7) is 0. The first-order valence-corrected chi connectivity index (χ1v) is 3.98. The average Bonchev–Trinajstić information content (AvgIpc) is 2.63. The average molecular weight is 238 g/mol. The van der Waals surface area contributed by atoms with Crippen LogP contribution in [-0.2, 0) is 11.8 Å². The van der Waals surface area contributed by atoms with Gasteiger partial charge in [0.15, 0.2) is 6.29 Å². The number of aryl methyl sites for hydroxylation is 1. The molecule has 0 aromatic carbocycles. The zero-order valence-corrected chi connectivity index (χ0v) is 7.95. The Morgan fingerprint density at radius 3 is 2.38 bits per heavy atom. The van der Waals surface area contributed by atoms with Gasteiger partial charge in [-0.05, 0) is 0 Å². The highest BCUT2D eigenvalue weighted by molar-refractivity contribution is 6.03. The van der Waals surface area contributed by atoms with E-state index in [1.807, 2.05) is 0 Å². The highest BCUT2D eigenvalue weighted by Crippen LogP contribution is 2.35. The van der Waals surface area contributed by atoms with Crippen LogP contribution in [0.5, 0.6) is 0 Å². The molecule has 0 aliphatic rings. The molecule has 0 aliphatic carbocycles. The molecule has 0 aliphatic heterocycles. The fourth-order valence-electron chi connectivity index (χ4n) is 0.945. The van der Waals surface area contributed by atoms with Crippen molar-refractivity contribution in [1.82, 2.24) is 9.78 Å². The van der Waals surface area contributed by atoms with E-state index < -0.39 is 29.5 Å². The zero-order valence-electron chi connectivity index (χ0n) is 7.95. The summed E-state index contributed by atoms with van der Waals surface area (Å²) in [5, 5.41) is 3.39. The van der Waals surface area contributed by atoms with E-state index in [0.29, 0.717) is 0 Å². The summed E-state index contributed by atoms with van der Waals surface area (Å²) in [6.07, 6.45) is 0.329. The van der Waals surface area contributed by atoms with Gasteiger partial charge in [0.1, 0.15) is 0 Å². The van der Waals surface area contributed by atoms with E-state index in [9.17, 15) is 27.2 Å². The molecular weight excluding hydrogens is 232 g/mol. The van der Waals surface area contributed by atoms with Crippen LogP contribution in [-0.4, -0.2) is 33.7 Å². The first-order chi connectivity index (χ1) is 7.22. The molecule has 0 fully saturated rings. The summed E-state index contributed by atoms with van der Waals surface area (Å²) in [5.41, 5.74) is -0.686. The molecule has 1 aromatic rings. The number of halogens is 4. The predicted molar refractivity (Wildman–Crippen MR) is 43.5 cm³/mol. The third-order valence-electron chi connectivity index (χ3n) is 1.82. The number of nitrogens with zero attached hydrogens (tertiary/aromatic N) is 2. The van der Waals surface area contributed by atoms with E-state index >= 15 is 0 Å². The second-order valence-electron chi connectivity index (χ2n) is 3.05. The van der Waals surface area contributed by atoms with Crippen molar-refractivity contribution in [2.45, 2.75) is 11.8 Å². The maximum atomic E-state index is 12.9. The normalized spacial score (nSPS) is 12.6. The lowest BCUT2D eigenvalue weighted by molar-refractivity contribution is -0.177. The van der Waals surface area contributed by atoms with Crippen molar-refractivity contribution in [3.63, 3.8) is 0 Å². The molecule has 0 atom stereocenters. The molecule has 0 unspecified atom stereocenters. The molecule has 4 nitrogen and oxygen atoms in total. The van der Waals surface area contributed by atoms with Crippen LogP contribution in [0.3, 0.4) is 0 Å². The maximum absolute atomic E-state index is 12.9. The molecule has 0 saturated carbocycles. The van der Waals surface area contributed by atoms with E-state index in [1.54, 1.807) is 0 Å². The van der Waals surface area contributed by atoms with Crippen molar-refractivity contribution in [3.05, 3.63) is 18.0 Å². The Morgan fingerprint density at radius 2 is 2.00 bits per heavy atom. The van der Waals surface area contributed by atoms with Gasteiger partial charge < -0.3 is 0 Å². The van der Waals surface area contributed by atoms with Crippen molar-refractivity contribution in [1.29, 1.82) is 0 Å². The number of alkyl halides is 4. The SMILES string of the molecule is Cn1cc(C(=O)C(F)(F)C(F)(F)C=O)cn1. The third kappa shape index (κ3) is 1.82. The Hall–Kier alpha value is -1.73. The summed E-state index contributed by atoms with van der Waals surface area (Å²) in [7, 11) is 1.33. The monoisotopic (exact) mass is 238 g/mol. The van der Waals surface area contributed by atoms with Crippen LogP contribution < -0.4 is 0 Å². The van der Waals surface area contributed by atoms with E-state index in [-0.39, 0.29) is 0 Å². The van der Waals surface area contributed by atoms with Crippen molar-refractivity contribution >= 4 is 12.1 Å². The first-order valence-electron chi connectivity index (χ1n) is 3.98. The van der Waals surface area contributed by atoms with Crippen molar-refractivity contribution in [3.8, 4) is 0 Å². The second-order valence-corrected chi connectivity index (χ2v) is 3.05. The van der Waals surface area contributed by atoms with E-state index in [2.05, 4.69) is 5.10 Å². The number of aromatic nitrogens is 2. The van der Waals surface area contributed by atoms with Gasteiger partial charge in [0.05, 0.1) is 11.8 Å². The maximum Gasteiger partial charge on any atom is 0.378 e. The van der Waals surface area contributed by atoms with Crippen LogP contribution in [0.25, 0.3) is 0 Å². The van der Waals surface area contributed by atoms with E-state index in [0.717, 1.165) is 17.1 Å². The van der Waals surface area contributed by atoms with E-state index in [1.165, 1.54) is 7.05 Å². The standard InChI is InChI=1S/C8H6F4N2O2/c1-14-3-5(2-13-14)6(16)8(11,12)7(9,10)4-15/h2-4H,1H3. The highest BCUT2D eigenvalue weighted by Gasteiger charge is 2.62. The molecule has 0 saturated heterocycles. The summed E-state index contributed by atoms with van der Waals surface area (Å²) >= 11 is 0. The predicted octanol–water partition coefficient (Wildman–Crippen LogP) is 1.07. The minimum Gasteiger partial charge on any atom is -0.296 e. The largest absolute Gasteiger partial charge is 0.378 e. The first kappa shape index (κ1) is 12.3. The highest BCUT2D eigenvalue weighted by atomic mass is 19.3. The molecule has 88 valence electrons.